The van der Waals surface area contributed by atoms with E-state index in [1.165, 1.54) is 4.90 Å². The standard InChI is InChI=1S/C18H21ClN2O5/c1-17(2,3)25-16(24)21-10-18(9-14(21)15(22)23)8-13(20-26-18)11-5-4-6-12(19)7-11/h4-7,14H,8-10H2,1-3H3,(H,22,23)/t14-,18?/m0/s1. The lowest BCUT2D eigenvalue weighted by Crippen LogP contribution is -2.44. The predicted molar refractivity (Wildman–Crippen MR) is 95.4 cm³/mol. The molecule has 2 heterocycles. The minimum absolute atomic E-state index is 0.104. The summed E-state index contributed by atoms with van der Waals surface area (Å²) in [6.45, 7) is 5.31. The number of hydrogen-bond donors (Lipinski definition) is 1. The Morgan fingerprint density at radius 3 is 2.77 bits per heavy atom. The number of aliphatic carboxylic acids is 1. The minimum Gasteiger partial charge on any atom is -0.480 e. The maximum atomic E-state index is 12.4. The van der Waals surface area contributed by atoms with Gasteiger partial charge in [0.15, 0.2) is 5.60 Å². The third-order valence-corrected chi connectivity index (χ3v) is 4.55. The fourth-order valence-corrected chi connectivity index (χ4v) is 3.41. The second kappa shape index (κ2) is 6.46. The molecule has 8 heteroatoms. The number of nitrogens with zero attached hydrogens (tertiary/aromatic N) is 2. The largest absolute Gasteiger partial charge is 0.480 e. The van der Waals surface area contributed by atoms with Gasteiger partial charge in [-0.05, 0) is 32.9 Å². The second-order valence-corrected chi connectivity index (χ2v) is 8.10. The molecule has 0 saturated carbocycles. The lowest BCUT2D eigenvalue weighted by Gasteiger charge is -2.27. The van der Waals surface area contributed by atoms with E-state index in [0.717, 1.165) is 5.56 Å². The zero-order valence-corrected chi connectivity index (χ0v) is 15.6. The van der Waals surface area contributed by atoms with E-state index >= 15 is 0 Å². The van der Waals surface area contributed by atoms with Gasteiger partial charge in [0.05, 0.1) is 12.3 Å². The first-order valence-electron chi connectivity index (χ1n) is 8.32. The van der Waals surface area contributed by atoms with Crippen LogP contribution in [0.3, 0.4) is 0 Å². The molecule has 1 aromatic carbocycles. The second-order valence-electron chi connectivity index (χ2n) is 7.67. The van der Waals surface area contributed by atoms with Crippen LogP contribution in [0.5, 0.6) is 0 Å². The van der Waals surface area contributed by atoms with Crippen molar-refractivity contribution >= 4 is 29.4 Å². The van der Waals surface area contributed by atoms with Gasteiger partial charge in [0.2, 0.25) is 0 Å². The van der Waals surface area contributed by atoms with Gasteiger partial charge in [-0.1, -0.05) is 28.9 Å². The van der Waals surface area contributed by atoms with Crippen molar-refractivity contribution < 1.29 is 24.3 Å². The van der Waals surface area contributed by atoms with Crippen molar-refractivity contribution in [3.8, 4) is 0 Å². The molecular formula is C18H21ClN2O5. The minimum atomic E-state index is -1.09. The highest BCUT2D eigenvalue weighted by molar-refractivity contribution is 6.31. The van der Waals surface area contributed by atoms with E-state index < -0.39 is 29.3 Å². The lowest BCUT2D eigenvalue weighted by molar-refractivity contribution is -0.142. The third-order valence-electron chi connectivity index (χ3n) is 4.31. The van der Waals surface area contributed by atoms with E-state index in [1.807, 2.05) is 12.1 Å². The number of carbonyl (C=O) groups is 2. The van der Waals surface area contributed by atoms with Crippen LogP contribution in [0.25, 0.3) is 0 Å². The third kappa shape index (κ3) is 3.77. The van der Waals surface area contributed by atoms with Gasteiger partial charge in [-0.15, -0.1) is 0 Å². The highest BCUT2D eigenvalue weighted by Crippen LogP contribution is 2.39. The van der Waals surface area contributed by atoms with E-state index in [-0.39, 0.29) is 13.0 Å². The van der Waals surface area contributed by atoms with Gasteiger partial charge in [-0.3, -0.25) is 4.90 Å². The van der Waals surface area contributed by atoms with Crippen molar-refractivity contribution in [1.82, 2.24) is 4.90 Å². The van der Waals surface area contributed by atoms with E-state index in [1.54, 1.807) is 32.9 Å². The number of oxime groups is 1. The summed E-state index contributed by atoms with van der Waals surface area (Å²) in [6, 6.07) is 6.20. The van der Waals surface area contributed by atoms with E-state index in [2.05, 4.69) is 5.16 Å². The summed E-state index contributed by atoms with van der Waals surface area (Å²) in [5, 5.41) is 14.2. The molecular weight excluding hydrogens is 360 g/mol. The zero-order chi connectivity index (χ0) is 19.1. The molecule has 2 aliphatic rings. The molecule has 1 spiro atoms. The molecule has 0 bridgehead atoms. The van der Waals surface area contributed by atoms with Gasteiger partial charge >= 0.3 is 12.1 Å². The Morgan fingerprint density at radius 2 is 2.15 bits per heavy atom. The van der Waals surface area contributed by atoms with Crippen molar-refractivity contribution in [2.75, 3.05) is 6.54 Å². The van der Waals surface area contributed by atoms with E-state index in [4.69, 9.17) is 21.2 Å². The number of amides is 1. The van der Waals surface area contributed by atoms with Crippen LogP contribution in [0, 0.1) is 0 Å². The summed E-state index contributed by atoms with van der Waals surface area (Å²) in [5.74, 6) is -1.09. The predicted octanol–water partition coefficient (Wildman–Crippen LogP) is 3.30. The topological polar surface area (TPSA) is 88.4 Å². The van der Waals surface area contributed by atoms with E-state index in [9.17, 15) is 14.7 Å². The Bertz CT molecular complexity index is 773. The van der Waals surface area contributed by atoms with Crippen LogP contribution in [-0.4, -0.2) is 51.6 Å². The maximum absolute atomic E-state index is 12.4. The molecule has 1 saturated heterocycles. The van der Waals surface area contributed by atoms with Crippen LogP contribution >= 0.6 is 11.6 Å². The van der Waals surface area contributed by atoms with Crippen LogP contribution in [0.2, 0.25) is 5.02 Å². The molecule has 0 aromatic heterocycles. The normalized spacial score (nSPS) is 25.2. The highest BCUT2D eigenvalue weighted by atomic mass is 35.5. The van der Waals surface area contributed by atoms with Crippen molar-refractivity contribution in [1.29, 1.82) is 0 Å². The molecule has 1 N–H and O–H groups in total. The molecule has 2 aliphatic heterocycles. The summed E-state index contributed by atoms with van der Waals surface area (Å²) in [4.78, 5) is 30.9. The quantitative estimate of drug-likeness (QED) is 0.850. The number of rotatable bonds is 2. The first-order chi connectivity index (χ1) is 12.1. The molecule has 140 valence electrons. The number of carboxylic acid groups (broad SMARTS) is 1. The summed E-state index contributed by atoms with van der Waals surface area (Å²) in [6.07, 6.45) is -0.118. The van der Waals surface area contributed by atoms with Gasteiger partial charge in [-0.25, -0.2) is 9.59 Å². The van der Waals surface area contributed by atoms with Crippen molar-refractivity contribution in [2.45, 2.75) is 50.9 Å². The number of benzene rings is 1. The SMILES string of the molecule is CC(C)(C)OC(=O)N1CC2(CC(c3cccc(Cl)c3)=NO2)C[C@H]1C(=O)O. The zero-order valence-electron chi connectivity index (χ0n) is 14.9. The smallest absolute Gasteiger partial charge is 0.411 e. The van der Waals surface area contributed by atoms with Crippen LogP contribution in [0.15, 0.2) is 29.4 Å². The average molecular weight is 381 g/mol. The average Bonchev–Trinajstić information content (AvgIpc) is 3.11. The van der Waals surface area contributed by atoms with Crippen molar-refractivity contribution in [3.63, 3.8) is 0 Å². The summed E-state index contributed by atoms with van der Waals surface area (Å²) >= 11 is 6.02. The van der Waals surface area contributed by atoms with Crippen LogP contribution in [0.4, 0.5) is 4.79 Å². The van der Waals surface area contributed by atoms with Gasteiger partial charge < -0.3 is 14.7 Å². The van der Waals surface area contributed by atoms with Gasteiger partial charge in [-0.2, -0.15) is 0 Å². The van der Waals surface area contributed by atoms with Crippen molar-refractivity contribution in [2.24, 2.45) is 5.16 Å². The fraction of sp³-hybridized carbons (Fsp3) is 0.500. The molecule has 2 atom stereocenters. The number of likely N-dealkylation sites (tertiary alicyclic amines) is 1. The summed E-state index contributed by atoms with van der Waals surface area (Å²) in [5.41, 5.74) is -0.0772. The number of ether oxygens (including phenoxy) is 1. The number of hydrogen-bond acceptors (Lipinski definition) is 5. The van der Waals surface area contributed by atoms with Crippen LogP contribution in [-0.2, 0) is 14.4 Å². The number of carboxylic acids is 1. The Balaban J connectivity index is 1.78. The van der Waals surface area contributed by atoms with E-state index in [0.29, 0.717) is 17.2 Å². The summed E-state index contributed by atoms with van der Waals surface area (Å²) < 4.78 is 5.35. The number of carbonyl (C=O) groups excluding carboxylic acids is 1. The Labute approximate surface area is 156 Å². The Kier molecular flexibility index (Phi) is 4.60. The van der Waals surface area contributed by atoms with Crippen LogP contribution in [0.1, 0.15) is 39.2 Å². The Morgan fingerprint density at radius 1 is 1.42 bits per heavy atom. The Hall–Kier alpha value is -2.28. The first-order valence-corrected chi connectivity index (χ1v) is 8.70. The monoisotopic (exact) mass is 380 g/mol. The number of halogens is 1. The first kappa shape index (κ1) is 18.5. The van der Waals surface area contributed by atoms with Crippen molar-refractivity contribution in [3.05, 3.63) is 34.9 Å². The van der Waals surface area contributed by atoms with Gasteiger partial charge in [0.1, 0.15) is 11.6 Å². The fourth-order valence-electron chi connectivity index (χ4n) is 3.22. The molecule has 7 nitrogen and oxygen atoms in total. The molecule has 26 heavy (non-hydrogen) atoms. The molecule has 3 rings (SSSR count). The molecule has 1 aromatic rings. The maximum Gasteiger partial charge on any atom is 0.411 e. The molecule has 0 radical (unpaired) electrons. The molecule has 1 fully saturated rings. The van der Waals surface area contributed by atoms with Crippen LogP contribution < -0.4 is 0 Å². The molecule has 1 amide bonds. The summed E-state index contributed by atoms with van der Waals surface area (Å²) in [7, 11) is 0. The molecule has 0 aliphatic carbocycles. The lowest BCUT2D eigenvalue weighted by atomic mass is 9.92. The highest BCUT2D eigenvalue weighted by Gasteiger charge is 2.54. The molecule has 1 unspecified atom stereocenters. The van der Waals surface area contributed by atoms with Gasteiger partial charge in [0, 0.05) is 23.4 Å². The van der Waals surface area contributed by atoms with Gasteiger partial charge in [0.25, 0.3) is 0 Å².